The summed E-state index contributed by atoms with van der Waals surface area (Å²) in [5.74, 6) is -1.02. The zero-order valence-corrected chi connectivity index (χ0v) is 18.4. The molecule has 0 unspecified atom stereocenters. The molecule has 0 fully saturated rings. The van der Waals surface area contributed by atoms with E-state index in [0.29, 0.717) is 22.6 Å². The van der Waals surface area contributed by atoms with Gasteiger partial charge in [0.2, 0.25) is 0 Å². The van der Waals surface area contributed by atoms with Crippen LogP contribution in [0.25, 0.3) is 0 Å². The molecule has 2 aromatic rings. The number of carbonyl (C=O) groups is 2. The van der Waals surface area contributed by atoms with E-state index in [0.717, 1.165) is 4.31 Å². The van der Waals surface area contributed by atoms with Gasteiger partial charge < -0.3 is 10.4 Å². The number of rotatable bonds is 4. The van der Waals surface area contributed by atoms with Crippen molar-refractivity contribution < 1.29 is 23.8 Å². The average Bonchev–Trinajstić information content (AvgIpc) is 2.62. The Morgan fingerprint density at radius 1 is 1.30 bits per heavy atom. The number of carbonyl (C=O) groups excluding carboxylic acids is 1. The summed E-state index contributed by atoms with van der Waals surface area (Å²) in [6.45, 7) is 5.37. The standard InChI is InChI=1S/C17H19Cl2N5O5S/c1-7(2)12-13(8(3)4-9(21-12)6-20-17(26)27)24-15-10(5-11(18)14(19)22-15)16(25)23-30(24,28)29/h4-5,7,20,28-29H,6H2,1-3H3,(H,23,25)(H,26,27). The summed E-state index contributed by atoms with van der Waals surface area (Å²) in [7, 11) is -3.87. The maximum atomic E-state index is 12.4. The number of amides is 2. The molecule has 3 rings (SSSR count). The van der Waals surface area contributed by atoms with Crippen molar-refractivity contribution in [1.29, 1.82) is 0 Å². The van der Waals surface area contributed by atoms with E-state index in [1.54, 1.807) is 13.0 Å². The summed E-state index contributed by atoms with van der Waals surface area (Å²) in [6, 6.07) is 2.91. The third kappa shape index (κ3) is 4.12. The monoisotopic (exact) mass is 475 g/mol. The molecule has 5 N–H and O–H groups in total. The minimum absolute atomic E-state index is 0.0151. The van der Waals surface area contributed by atoms with Crippen LogP contribution in [-0.2, 0) is 6.54 Å². The Hall–Kier alpha value is -2.31. The van der Waals surface area contributed by atoms with E-state index in [-0.39, 0.29) is 34.0 Å². The SMILES string of the molecule is Cc1cc(CNC(=O)O)nc(C(C)C)c1N1c2nc(Cl)c(Cl)cc2C(=O)NS1(O)O. The highest BCUT2D eigenvalue weighted by Gasteiger charge is 2.40. The maximum Gasteiger partial charge on any atom is 0.404 e. The summed E-state index contributed by atoms with van der Waals surface area (Å²) in [5.41, 5.74) is 1.79. The van der Waals surface area contributed by atoms with Crippen molar-refractivity contribution in [3.8, 4) is 0 Å². The summed E-state index contributed by atoms with van der Waals surface area (Å²) in [6.07, 6.45) is -1.19. The van der Waals surface area contributed by atoms with Crippen LogP contribution in [0.2, 0.25) is 10.2 Å². The van der Waals surface area contributed by atoms with Crippen LogP contribution in [-0.4, -0.2) is 36.2 Å². The predicted octanol–water partition coefficient (Wildman–Crippen LogP) is 4.44. The van der Waals surface area contributed by atoms with E-state index in [1.807, 2.05) is 13.8 Å². The molecular weight excluding hydrogens is 457 g/mol. The van der Waals surface area contributed by atoms with Gasteiger partial charge in [-0.3, -0.25) is 18.9 Å². The molecule has 2 amide bonds. The Labute approximate surface area is 183 Å². The largest absolute Gasteiger partial charge is 0.465 e. The van der Waals surface area contributed by atoms with Crippen molar-refractivity contribution in [2.75, 3.05) is 4.31 Å². The highest BCUT2D eigenvalue weighted by Crippen LogP contribution is 2.54. The van der Waals surface area contributed by atoms with E-state index < -0.39 is 23.0 Å². The zero-order chi connectivity index (χ0) is 22.4. The van der Waals surface area contributed by atoms with Gasteiger partial charge >= 0.3 is 6.09 Å². The third-order valence-electron chi connectivity index (χ3n) is 4.27. The lowest BCUT2D eigenvalue weighted by Gasteiger charge is -2.47. The first kappa shape index (κ1) is 22.4. The van der Waals surface area contributed by atoms with E-state index in [2.05, 4.69) is 20.0 Å². The van der Waals surface area contributed by atoms with Crippen molar-refractivity contribution in [1.82, 2.24) is 20.0 Å². The number of halogens is 2. The van der Waals surface area contributed by atoms with Crippen LogP contribution >= 0.6 is 34.2 Å². The molecule has 3 heterocycles. The number of anilines is 2. The molecule has 0 spiro atoms. The summed E-state index contributed by atoms with van der Waals surface area (Å²) >= 11 is 12.0. The van der Waals surface area contributed by atoms with Gasteiger partial charge in [-0.1, -0.05) is 37.0 Å². The van der Waals surface area contributed by atoms with Crippen LogP contribution in [0.5, 0.6) is 0 Å². The lowest BCUT2D eigenvalue weighted by molar-refractivity contribution is 0.0975. The number of hydrogen-bond acceptors (Lipinski definition) is 7. The fourth-order valence-electron chi connectivity index (χ4n) is 3.04. The van der Waals surface area contributed by atoms with Gasteiger partial charge in [0.25, 0.3) is 5.91 Å². The first-order chi connectivity index (χ1) is 13.9. The fraction of sp³-hybridized carbons (Fsp3) is 0.294. The number of nitrogens with zero attached hydrogens (tertiary/aromatic N) is 3. The van der Waals surface area contributed by atoms with Gasteiger partial charge in [-0.25, -0.2) is 18.8 Å². The van der Waals surface area contributed by atoms with Gasteiger partial charge in [0, 0.05) is 0 Å². The Kier molecular flexibility index (Phi) is 6.03. The lowest BCUT2D eigenvalue weighted by atomic mass is 10.0. The molecule has 0 saturated heterocycles. The molecule has 162 valence electrons. The second-order valence-electron chi connectivity index (χ2n) is 6.85. The summed E-state index contributed by atoms with van der Waals surface area (Å²) in [4.78, 5) is 31.8. The molecule has 10 nitrogen and oxygen atoms in total. The predicted molar refractivity (Wildman–Crippen MR) is 115 cm³/mol. The second kappa shape index (κ2) is 8.08. The van der Waals surface area contributed by atoms with Crippen molar-refractivity contribution in [3.05, 3.63) is 44.8 Å². The van der Waals surface area contributed by atoms with Gasteiger partial charge in [-0.05, 0) is 41.5 Å². The minimum atomic E-state index is -3.87. The highest BCUT2D eigenvalue weighted by atomic mass is 35.5. The molecule has 0 saturated carbocycles. The Bertz CT molecular complexity index is 1050. The van der Waals surface area contributed by atoms with Crippen molar-refractivity contribution in [2.45, 2.75) is 33.2 Å². The van der Waals surface area contributed by atoms with Gasteiger partial charge in [-0.2, -0.15) is 0 Å². The first-order valence-electron chi connectivity index (χ1n) is 8.66. The molecular formula is C17H19Cl2N5O5S. The number of pyridine rings is 2. The van der Waals surface area contributed by atoms with E-state index in [1.165, 1.54) is 6.07 Å². The molecule has 30 heavy (non-hydrogen) atoms. The van der Waals surface area contributed by atoms with Crippen molar-refractivity contribution in [2.24, 2.45) is 0 Å². The number of fused-ring (bicyclic) bond motifs is 1. The van der Waals surface area contributed by atoms with Crippen LogP contribution in [0.15, 0.2) is 12.1 Å². The summed E-state index contributed by atoms with van der Waals surface area (Å²) in [5, 5.41) is 11.0. The second-order valence-corrected chi connectivity index (χ2v) is 9.23. The molecule has 13 heteroatoms. The number of hydrogen-bond donors (Lipinski definition) is 5. The van der Waals surface area contributed by atoms with Gasteiger partial charge in [0.15, 0.2) is 5.82 Å². The quantitative estimate of drug-likeness (QED) is 0.407. The van der Waals surface area contributed by atoms with Crippen LogP contribution in [0.4, 0.5) is 16.3 Å². The number of nitrogens with one attached hydrogen (secondary N) is 2. The topological polar surface area (TPSA) is 148 Å². The lowest BCUT2D eigenvalue weighted by Crippen LogP contribution is -2.43. The molecule has 1 aliphatic heterocycles. The average molecular weight is 476 g/mol. The van der Waals surface area contributed by atoms with Crippen LogP contribution in [0.3, 0.4) is 0 Å². The van der Waals surface area contributed by atoms with Crippen molar-refractivity contribution in [3.63, 3.8) is 0 Å². The molecule has 0 radical (unpaired) electrons. The molecule has 0 atom stereocenters. The first-order valence-corrected chi connectivity index (χ1v) is 10.9. The van der Waals surface area contributed by atoms with Gasteiger partial charge in [0.1, 0.15) is 5.15 Å². The molecule has 0 aromatic carbocycles. The fourth-order valence-corrected chi connectivity index (χ4v) is 4.65. The normalized spacial score (nSPS) is 16.1. The Morgan fingerprint density at radius 3 is 2.57 bits per heavy atom. The number of carboxylic acid groups (broad SMARTS) is 1. The molecule has 1 aliphatic rings. The zero-order valence-electron chi connectivity index (χ0n) is 16.1. The van der Waals surface area contributed by atoms with Crippen LogP contribution in [0.1, 0.15) is 47.1 Å². The van der Waals surface area contributed by atoms with E-state index in [9.17, 15) is 18.7 Å². The smallest absolute Gasteiger partial charge is 0.404 e. The minimum Gasteiger partial charge on any atom is -0.465 e. The number of aryl methyl sites for hydroxylation is 1. The molecule has 0 bridgehead atoms. The molecule has 2 aromatic heterocycles. The third-order valence-corrected chi connectivity index (χ3v) is 6.27. The maximum absolute atomic E-state index is 12.4. The Morgan fingerprint density at radius 2 is 1.97 bits per heavy atom. The van der Waals surface area contributed by atoms with Gasteiger partial charge in [0.05, 0.1) is 34.2 Å². The number of aromatic nitrogens is 2. The van der Waals surface area contributed by atoms with E-state index in [4.69, 9.17) is 28.3 Å². The van der Waals surface area contributed by atoms with Crippen molar-refractivity contribution >= 4 is 57.7 Å². The molecule has 0 aliphatic carbocycles. The van der Waals surface area contributed by atoms with Gasteiger partial charge in [-0.15, -0.1) is 0 Å². The summed E-state index contributed by atoms with van der Waals surface area (Å²) < 4.78 is 24.8. The van der Waals surface area contributed by atoms with Crippen LogP contribution < -0.4 is 14.3 Å². The van der Waals surface area contributed by atoms with E-state index >= 15 is 0 Å². The highest BCUT2D eigenvalue weighted by molar-refractivity contribution is 8.24. The van der Waals surface area contributed by atoms with Crippen LogP contribution in [0, 0.1) is 6.92 Å². The Balaban J connectivity index is 2.25.